The van der Waals surface area contributed by atoms with E-state index in [1.807, 2.05) is 12.1 Å². The quantitative estimate of drug-likeness (QED) is 0.872. The molecule has 1 aromatic rings. The highest BCUT2D eigenvalue weighted by Gasteiger charge is 2.12. The molecule has 1 aromatic carbocycles. The van der Waals surface area contributed by atoms with E-state index in [1.54, 1.807) is 12.1 Å². The van der Waals surface area contributed by atoms with Crippen LogP contribution in [-0.2, 0) is 10.0 Å². The summed E-state index contributed by atoms with van der Waals surface area (Å²) in [6.45, 7) is 1.01. The Labute approximate surface area is 115 Å². The summed E-state index contributed by atoms with van der Waals surface area (Å²) in [5.74, 6) is 0.780. The lowest BCUT2D eigenvalue weighted by molar-refractivity contribution is 0.373. The van der Waals surface area contributed by atoms with Crippen LogP contribution >= 0.6 is 0 Å². The zero-order valence-corrected chi connectivity index (χ0v) is 12.2. The summed E-state index contributed by atoms with van der Waals surface area (Å²) in [5, 5.41) is 3.43. The normalized spacial score (nSPS) is 17.1. The van der Waals surface area contributed by atoms with Crippen molar-refractivity contribution in [3.63, 3.8) is 0 Å². The number of hydrogen-bond donors (Lipinski definition) is 2. The molecule has 106 valence electrons. The van der Waals surface area contributed by atoms with Gasteiger partial charge < -0.3 is 5.32 Å². The smallest absolute Gasteiger partial charge is 0.229 e. The maximum atomic E-state index is 11.1. The first-order chi connectivity index (χ1) is 9.03. The van der Waals surface area contributed by atoms with Gasteiger partial charge in [0.15, 0.2) is 0 Å². The minimum absolute atomic E-state index is 0.603. The van der Waals surface area contributed by atoms with Crippen molar-refractivity contribution in [3.05, 3.63) is 24.3 Å². The third-order valence-corrected chi connectivity index (χ3v) is 4.11. The number of rotatable bonds is 5. The fourth-order valence-corrected chi connectivity index (χ4v) is 3.09. The van der Waals surface area contributed by atoms with E-state index in [-0.39, 0.29) is 0 Å². The molecule has 0 amide bonds. The van der Waals surface area contributed by atoms with Gasteiger partial charge in [0.2, 0.25) is 10.0 Å². The van der Waals surface area contributed by atoms with Gasteiger partial charge in [0.25, 0.3) is 0 Å². The first-order valence-corrected chi connectivity index (χ1v) is 8.74. The third kappa shape index (κ3) is 5.11. The van der Waals surface area contributed by atoms with Gasteiger partial charge in [-0.3, -0.25) is 4.72 Å². The molecule has 19 heavy (non-hydrogen) atoms. The SMILES string of the molecule is CS(=O)(=O)Nc1ccc(NCC2CCCCC2)cc1. The Morgan fingerprint density at radius 2 is 1.63 bits per heavy atom. The van der Waals surface area contributed by atoms with Crippen LogP contribution < -0.4 is 10.0 Å². The van der Waals surface area contributed by atoms with Gasteiger partial charge in [0, 0.05) is 17.9 Å². The van der Waals surface area contributed by atoms with Crippen LogP contribution in [0.25, 0.3) is 0 Å². The van der Waals surface area contributed by atoms with Crippen LogP contribution in [0.15, 0.2) is 24.3 Å². The highest BCUT2D eigenvalue weighted by Crippen LogP contribution is 2.24. The second-order valence-corrected chi connectivity index (χ2v) is 7.08. The summed E-state index contributed by atoms with van der Waals surface area (Å²) >= 11 is 0. The van der Waals surface area contributed by atoms with E-state index in [2.05, 4.69) is 10.0 Å². The summed E-state index contributed by atoms with van der Waals surface area (Å²) in [6.07, 6.45) is 7.87. The average Bonchev–Trinajstić information content (AvgIpc) is 2.37. The fourth-order valence-electron chi connectivity index (χ4n) is 2.52. The van der Waals surface area contributed by atoms with E-state index in [1.165, 1.54) is 32.1 Å². The van der Waals surface area contributed by atoms with Gasteiger partial charge in [-0.05, 0) is 43.0 Å². The summed E-state index contributed by atoms with van der Waals surface area (Å²) in [6, 6.07) is 7.39. The Morgan fingerprint density at radius 3 is 2.21 bits per heavy atom. The molecule has 0 aromatic heterocycles. The molecule has 2 rings (SSSR count). The van der Waals surface area contributed by atoms with Crippen molar-refractivity contribution in [2.45, 2.75) is 32.1 Å². The van der Waals surface area contributed by atoms with Crippen molar-refractivity contribution in [1.29, 1.82) is 0 Å². The number of benzene rings is 1. The Morgan fingerprint density at radius 1 is 1.05 bits per heavy atom. The van der Waals surface area contributed by atoms with Crippen LogP contribution in [0.2, 0.25) is 0 Å². The Kier molecular flexibility index (Phi) is 4.69. The third-order valence-electron chi connectivity index (χ3n) is 3.51. The number of anilines is 2. The standard InChI is InChI=1S/C14H22N2O2S/c1-19(17,18)16-14-9-7-13(8-10-14)15-11-12-5-3-2-4-6-12/h7-10,12,15-16H,2-6,11H2,1H3. The predicted octanol–water partition coefficient (Wildman–Crippen LogP) is 3.05. The van der Waals surface area contributed by atoms with Crippen LogP contribution in [0.1, 0.15) is 32.1 Å². The van der Waals surface area contributed by atoms with E-state index >= 15 is 0 Å². The summed E-state index contributed by atoms with van der Waals surface area (Å²) in [5.41, 5.74) is 1.65. The van der Waals surface area contributed by atoms with Crippen LogP contribution in [-0.4, -0.2) is 21.2 Å². The van der Waals surface area contributed by atoms with Crippen molar-refractivity contribution in [2.75, 3.05) is 22.8 Å². The van der Waals surface area contributed by atoms with E-state index in [0.717, 1.165) is 24.4 Å². The molecule has 5 heteroatoms. The summed E-state index contributed by atoms with van der Waals surface area (Å²) < 4.78 is 24.6. The van der Waals surface area contributed by atoms with Gasteiger partial charge in [-0.2, -0.15) is 0 Å². The Bertz CT molecular complexity index is 491. The predicted molar refractivity (Wildman–Crippen MR) is 80.0 cm³/mol. The number of sulfonamides is 1. The molecule has 1 saturated carbocycles. The van der Waals surface area contributed by atoms with Crippen LogP contribution in [0.3, 0.4) is 0 Å². The molecule has 1 aliphatic rings. The molecule has 0 spiro atoms. The van der Waals surface area contributed by atoms with Gasteiger partial charge >= 0.3 is 0 Å². The van der Waals surface area contributed by atoms with Crippen LogP contribution in [0.4, 0.5) is 11.4 Å². The molecule has 0 saturated heterocycles. The lowest BCUT2D eigenvalue weighted by Crippen LogP contribution is -2.17. The van der Waals surface area contributed by atoms with Gasteiger partial charge in [-0.15, -0.1) is 0 Å². The van der Waals surface area contributed by atoms with Gasteiger partial charge in [0.05, 0.1) is 6.26 Å². The average molecular weight is 282 g/mol. The molecule has 0 aliphatic heterocycles. The van der Waals surface area contributed by atoms with Crippen molar-refractivity contribution in [2.24, 2.45) is 5.92 Å². The molecule has 0 heterocycles. The van der Waals surface area contributed by atoms with Crippen molar-refractivity contribution < 1.29 is 8.42 Å². The van der Waals surface area contributed by atoms with Crippen molar-refractivity contribution >= 4 is 21.4 Å². The summed E-state index contributed by atoms with van der Waals surface area (Å²) in [7, 11) is -3.19. The minimum atomic E-state index is -3.19. The molecule has 1 aliphatic carbocycles. The number of hydrogen-bond acceptors (Lipinski definition) is 3. The van der Waals surface area contributed by atoms with E-state index in [4.69, 9.17) is 0 Å². The summed E-state index contributed by atoms with van der Waals surface area (Å²) in [4.78, 5) is 0. The second-order valence-electron chi connectivity index (χ2n) is 5.34. The second kappa shape index (κ2) is 6.28. The molecular formula is C14H22N2O2S. The minimum Gasteiger partial charge on any atom is -0.385 e. The van der Waals surface area contributed by atoms with E-state index < -0.39 is 10.0 Å². The van der Waals surface area contributed by atoms with Crippen LogP contribution in [0.5, 0.6) is 0 Å². The van der Waals surface area contributed by atoms with E-state index in [0.29, 0.717) is 5.69 Å². The Balaban J connectivity index is 1.84. The fraction of sp³-hybridized carbons (Fsp3) is 0.571. The first kappa shape index (κ1) is 14.2. The molecule has 0 unspecified atom stereocenters. The Hall–Kier alpha value is -1.23. The highest BCUT2D eigenvalue weighted by atomic mass is 32.2. The topological polar surface area (TPSA) is 58.2 Å². The maximum Gasteiger partial charge on any atom is 0.229 e. The van der Waals surface area contributed by atoms with Gasteiger partial charge in [0.1, 0.15) is 0 Å². The largest absolute Gasteiger partial charge is 0.385 e. The molecular weight excluding hydrogens is 260 g/mol. The molecule has 0 atom stereocenters. The lowest BCUT2D eigenvalue weighted by Gasteiger charge is -2.22. The molecule has 2 N–H and O–H groups in total. The van der Waals surface area contributed by atoms with Gasteiger partial charge in [-0.25, -0.2) is 8.42 Å². The lowest BCUT2D eigenvalue weighted by atomic mass is 9.89. The maximum absolute atomic E-state index is 11.1. The zero-order valence-electron chi connectivity index (χ0n) is 11.4. The monoisotopic (exact) mass is 282 g/mol. The van der Waals surface area contributed by atoms with Crippen molar-refractivity contribution in [3.8, 4) is 0 Å². The molecule has 4 nitrogen and oxygen atoms in total. The highest BCUT2D eigenvalue weighted by molar-refractivity contribution is 7.92. The molecule has 1 fully saturated rings. The van der Waals surface area contributed by atoms with Crippen LogP contribution in [0, 0.1) is 5.92 Å². The van der Waals surface area contributed by atoms with Gasteiger partial charge in [-0.1, -0.05) is 19.3 Å². The van der Waals surface area contributed by atoms with Crippen molar-refractivity contribution in [1.82, 2.24) is 0 Å². The number of nitrogens with one attached hydrogen (secondary N) is 2. The zero-order chi connectivity index (χ0) is 13.7. The van der Waals surface area contributed by atoms with E-state index in [9.17, 15) is 8.42 Å². The molecule has 0 bridgehead atoms. The first-order valence-electron chi connectivity index (χ1n) is 6.85. The molecule has 0 radical (unpaired) electrons.